The minimum Gasteiger partial charge on any atom is -0.380 e. The molecule has 0 amide bonds. The fraction of sp³-hybridized carbons (Fsp3) is 1.00. The molecule has 0 N–H and O–H groups in total. The van der Waals surface area contributed by atoms with Crippen LogP contribution in [-0.2, 0) is 4.74 Å². The van der Waals surface area contributed by atoms with Crippen LogP contribution in [0.4, 0.5) is 0 Å². The fourth-order valence-electron chi connectivity index (χ4n) is 1.70. The molecule has 0 saturated heterocycles. The summed E-state index contributed by atoms with van der Waals surface area (Å²) in [6, 6.07) is 0.514. The average Bonchev–Trinajstić information content (AvgIpc) is 1.85. The Labute approximate surface area is 70.5 Å². The quantitative estimate of drug-likeness (QED) is 0.618. The minimum atomic E-state index is 0.310. The van der Waals surface area contributed by atoms with Gasteiger partial charge < -0.3 is 9.64 Å². The van der Waals surface area contributed by atoms with Gasteiger partial charge in [-0.25, -0.2) is 0 Å². The van der Waals surface area contributed by atoms with Crippen LogP contribution >= 0.6 is 0 Å². The number of likely N-dealkylation sites (N-methyl/N-ethyl adjacent to an activating group) is 1. The molecule has 0 saturated carbocycles. The van der Waals surface area contributed by atoms with Crippen molar-refractivity contribution in [3.8, 4) is 0 Å². The van der Waals surface area contributed by atoms with Gasteiger partial charge in [0.2, 0.25) is 0 Å². The summed E-state index contributed by atoms with van der Waals surface area (Å²) < 4.78 is 5.29. The summed E-state index contributed by atoms with van der Waals surface area (Å²) in [5.41, 5.74) is 0. The summed E-state index contributed by atoms with van der Waals surface area (Å²) in [6.45, 7) is 6.56. The second-order valence-corrected chi connectivity index (χ2v) is 3.64. The van der Waals surface area contributed by atoms with Crippen LogP contribution in [0.25, 0.3) is 0 Å². The van der Waals surface area contributed by atoms with E-state index >= 15 is 0 Å². The molecule has 0 rings (SSSR count). The van der Waals surface area contributed by atoms with Gasteiger partial charge in [-0.05, 0) is 26.9 Å². The highest BCUT2D eigenvalue weighted by molar-refractivity contribution is 4.76. The first-order chi connectivity index (χ1) is 5.00. The van der Waals surface area contributed by atoms with Crippen molar-refractivity contribution in [2.75, 3.05) is 21.2 Å². The Morgan fingerprint density at radius 1 is 1.09 bits per heavy atom. The summed E-state index contributed by atoms with van der Waals surface area (Å²) in [6.07, 6.45) is 0.310. The van der Waals surface area contributed by atoms with Crippen LogP contribution in [0.5, 0.6) is 0 Å². The van der Waals surface area contributed by atoms with Crippen molar-refractivity contribution >= 4 is 0 Å². The highest BCUT2D eigenvalue weighted by atomic mass is 16.5. The van der Waals surface area contributed by atoms with E-state index in [1.165, 1.54) is 0 Å². The molecule has 0 bridgehead atoms. The molecular formula is C9H21NO. The first-order valence-corrected chi connectivity index (χ1v) is 4.20. The SMILES string of the molecule is CO[C@H](C)[C@H](C(C)C)N(C)C. The normalized spacial score (nSPS) is 17.5. The van der Waals surface area contributed by atoms with Crippen LogP contribution in [-0.4, -0.2) is 38.3 Å². The zero-order valence-electron chi connectivity index (χ0n) is 8.59. The van der Waals surface area contributed by atoms with E-state index < -0.39 is 0 Å². The van der Waals surface area contributed by atoms with Gasteiger partial charge in [0.15, 0.2) is 0 Å². The molecule has 2 heteroatoms. The maximum absolute atomic E-state index is 5.29. The van der Waals surface area contributed by atoms with E-state index in [4.69, 9.17) is 4.74 Å². The molecule has 68 valence electrons. The van der Waals surface area contributed by atoms with Crippen molar-refractivity contribution in [2.45, 2.75) is 32.9 Å². The molecule has 0 aliphatic rings. The summed E-state index contributed by atoms with van der Waals surface area (Å²) in [5, 5.41) is 0. The smallest absolute Gasteiger partial charge is 0.0700 e. The maximum Gasteiger partial charge on any atom is 0.0700 e. The van der Waals surface area contributed by atoms with E-state index in [2.05, 4.69) is 39.8 Å². The molecule has 0 unspecified atom stereocenters. The zero-order valence-corrected chi connectivity index (χ0v) is 8.59. The Bertz CT molecular complexity index is 93.7. The van der Waals surface area contributed by atoms with Gasteiger partial charge in [0, 0.05) is 13.2 Å². The van der Waals surface area contributed by atoms with Crippen LogP contribution < -0.4 is 0 Å². The van der Waals surface area contributed by atoms with Gasteiger partial charge in [-0.3, -0.25) is 0 Å². The molecule has 0 aromatic rings. The van der Waals surface area contributed by atoms with Crippen molar-refractivity contribution in [3.05, 3.63) is 0 Å². The number of nitrogens with zero attached hydrogens (tertiary/aromatic N) is 1. The van der Waals surface area contributed by atoms with Gasteiger partial charge in [0.25, 0.3) is 0 Å². The minimum absolute atomic E-state index is 0.310. The topological polar surface area (TPSA) is 12.5 Å². The zero-order chi connectivity index (χ0) is 9.02. The Balaban J connectivity index is 4.09. The summed E-state index contributed by atoms with van der Waals surface area (Å²) >= 11 is 0. The van der Waals surface area contributed by atoms with Gasteiger partial charge in [-0.15, -0.1) is 0 Å². The molecular weight excluding hydrogens is 138 g/mol. The molecule has 0 heterocycles. The second-order valence-electron chi connectivity index (χ2n) is 3.64. The number of ether oxygens (including phenoxy) is 1. The van der Waals surface area contributed by atoms with Crippen molar-refractivity contribution in [3.63, 3.8) is 0 Å². The molecule has 0 aromatic heterocycles. The molecule has 2 nitrogen and oxygen atoms in total. The monoisotopic (exact) mass is 159 g/mol. The van der Waals surface area contributed by atoms with Crippen LogP contribution in [0.1, 0.15) is 20.8 Å². The lowest BCUT2D eigenvalue weighted by Gasteiger charge is -2.32. The molecule has 0 aliphatic carbocycles. The summed E-state index contributed by atoms with van der Waals surface area (Å²) in [7, 11) is 5.96. The average molecular weight is 159 g/mol. The van der Waals surface area contributed by atoms with Crippen molar-refractivity contribution in [1.29, 1.82) is 0 Å². The Hall–Kier alpha value is -0.0800. The fourth-order valence-corrected chi connectivity index (χ4v) is 1.70. The molecule has 11 heavy (non-hydrogen) atoms. The summed E-state index contributed by atoms with van der Waals surface area (Å²) in [5.74, 6) is 0.639. The van der Waals surface area contributed by atoms with Crippen LogP contribution in [0.3, 0.4) is 0 Å². The highest BCUT2D eigenvalue weighted by Gasteiger charge is 2.22. The largest absolute Gasteiger partial charge is 0.380 e. The Morgan fingerprint density at radius 3 is 1.64 bits per heavy atom. The van der Waals surface area contributed by atoms with E-state index in [1.807, 2.05) is 0 Å². The van der Waals surface area contributed by atoms with Crippen molar-refractivity contribution in [1.82, 2.24) is 4.90 Å². The molecule has 0 radical (unpaired) electrons. The number of hydrogen-bond donors (Lipinski definition) is 0. The first-order valence-electron chi connectivity index (χ1n) is 4.20. The second kappa shape index (κ2) is 4.73. The predicted molar refractivity (Wildman–Crippen MR) is 48.8 cm³/mol. The van der Waals surface area contributed by atoms with Gasteiger partial charge in [0.1, 0.15) is 0 Å². The first kappa shape index (κ1) is 10.9. The molecule has 0 aromatic carbocycles. The van der Waals surface area contributed by atoms with Gasteiger partial charge in [-0.2, -0.15) is 0 Å². The molecule has 0 spiro atoms. The maximum atomic E-state index is 5.29. The lowest BCUT2D eigenvalue weighted by Crippen LogP contribution is -2.42. The van der Waals surface area contributed by atoms with E-state index in [0.29, 0.717) is 18.1 Å². The third-order valence-corrected chi connectivity index (χ3v) is 2.13. The van der Waals surface area contributed by atoms with E-state index in [-0.39, 0.29) is 0 Å². The van der Waals surface area contributed by atoms with Crippen LogP contribution in [0.2, 0.25) is 0 Å². The third-order valence-electron chi connectivity index (χ3n) is 2.13. The van der Waals surface area contributed by atoms with Crippen LogP contribution in [0.15, 0.2) is 0 Å². The molecule has 0 fully saturated rings. The van der Waals surface area contributed by atoms with E-state index in [9.17, 15) is 0 Å². The lowest BCUT2D eigenvalue weighted by molar-refractivity contribution is 0.0252. The summed E-state index contributed by atoms with van der Waals surface area (Å²) in [4.78, 5) is 2.22. The predicted octanol–water partition coefficient (Wildman–Crippen LogP) is 1.61. The number of rotatable bonds is 4. The third kappa shape index (κ3) is 3.21. The van der Waals surface area contributed by atoms with Crippen LogP contribution in [0, 0.1) is 5.92 Å². The standard InChI is InChI=1S/C9H21NO/c1-7(2)9(10(4)5)8(3)11-6/h7-9H,1-6H3/t8-,9+/m1/s1. The lowest BCUT2D eigenvalue weighted by atomic mass is 9.98. The molecule has 2 atom stereocenters. The molecule has 0 aliphatic heterocycles. The van der Waals surface area contributed by atoms with Gasteiger partial charge in [0.05, 0.1) is 6.10 Å². The van der Waals surface area contributed by atoms with E-state index in [0.717, 1.165) is 0 Å². The number of methoxy groups -OCH3 is 1. The van der Waals surface area contributed by atoms with Gasteiger partial charge >= 0.3 is 0 Å². The Morgan fingerprint density at radius 2 is 1.55 bits per heavy atom. The van der Waals surface area contributed by atoms with Crippen molar-refractivity contribution in [2.24, 2.45) is 5.92 Å². The van der Waals surface area contributed by atoms with Crippen molar-refractivity contribution < 1.29 is 4.74 Å². The number of hydrogen-bond acceptors (Lipinski definition) is 2. The van der Waals surface area contributed by atoms with E-state index in [1.54, 1.807) is 7.11 Å². The highest BCUT2D eigenvalue weighted by Crippen LogP contribution is 2.13. The Kier molecular flexibility index (Phi) is 4.69. The van der Waals surface area contributed by atoms with Gasteiger partial charge in [-0.1, -0.05) is 13.8 Å².